The van der Waals surface area contributed by atoms with E-state index in [9.17, 15) is 0 Å². The van der Waals surface area contributed by atoms with Crippen LogP contribution in [0.3, 0.4) is 0 Å². The van der Waals surface area contributed by atoms with E-state index in [-0.39, 0.29) is 4.75 Å². The van der Waals surface area contributed by atoms with Gasteiger partial charge in [-0.25, -0.2) is 9.97 Å². The molecule has 0 atom stereocenters. The number of hydrogen-bond donors (Lipinski definition) is 1. The molecule has 0 radical (unpaired) electrons. The Bertz CT molecular complexity index is 345. The molecular formula is C12H21N3S. The first-order valence-electron chi connectivity index (χ1n) is 5.75. The summed E-state index contributed by atoms with van der Waals surface area (Å²) in [4.78, 5) is 8.97. The lowest BCUT2D eigenvalue weighted by Crippen LogP contribution is -2.09. The Kier molecular flexibility index (Phi) is 4.59. The largest absolute Gasteiger partial charge is 0.370 e. The zero-order valence-electron chi connectivity index (χ0n) is 10.8. The van der Waals surface area contributed by atoms with Gasteiger partial charge in [0.2, 0.25) is 0 Å². The van der Waals surface area contributed by atoms with Crippen LogP contribution in [0.2, 0.25) is 0 Å². The number of anilines is 1. The minimum absolute atomic E-state index is 0.183. The minimum Gasteiger partial charge on any atom is -0.370 e. The summed E-state index contributed by atoms with van der Waals surface area (Å²) < 4.78 is 0.183. The van der Waals surface area contributed by atoms with E-state index in [4.69, 9.17) is 0 Å². The van der Waals surface area contributed by atoms with Crippen molar-refractivity contribution in [2.75, 3.05) is 11.9 Å². The van der Waals surface area contributed by atoms with Gasteiger partial charge in [-0.05, 0) is 6.92 Å². The van der Waals surface area contributed by atoms with Crippen molar-refractivity contribution in [3.8, 4) is 0 Å². The molecule has 1 rings (SSSR count). The fourth-order valence-corrected chi connectivity index (χ4v) is 2.22. The SMILES string of the molecule is CCNc1cc(SC(C)(C)C)nc(CC)n1. The highest BCUT2D eigenvalue weighted by Crippen LogP contribution is 2.31. The normalized spacial score (nSPS) is 11.6. The summed E-state index contributed by atoms with van der Waals surface area (Å²) in [7, 11) is 0. The van der Waals surface area contributed by atoms with Crippen LogP contribution in [0.1, 0.15) is 40.4 Å². The highest BCUT2D eigenvalue weighted by atomic mass is 32.2. The van der Waals surface area contributed by atoms with Crippen molar-refractivity contribution in [1.29, 1.82) is 0 Å². The van der Waals surface area contributed by atoms with E-state index < -0.39 is 0 Å². The van der Waals surface area contributed by atoms with Crippen molar-refractivity contribution in [3.05, 3.63) is 11.9 Å². The lowest BCUT2D eigenvalue weighted by molar-refractivity contribution is 0.794. The molecule has 0 aliphatic heterocycles. The van der Waals surface area contributed by atoms with E-state index in [1.165, 1.54) is 0 Å². The molecule has 0 aliphatic rings. The number of nitrogens with one attached hydrogen (secondary N) is 1. The van der Waals surface area contributed by atoms with Gasteiger partial charge in [-0.2, -0.15) is 0 Å². The van der Waals surface area contributed by atoms with Crippen LogP contribution in [0, 0.1) is 0 Å². The smallest absolute Gasteiger partial charge is 0.131 e. The standard InChI is InChI=1S/C12H21N3S/c1-6-9-14-10(13-7-2)8-11(15-9)16-12(3,4)5/h8H,6-7H2,1-5H3,(H,13,14,15). The maximum atomic E-state index is 4.53. The number of thioether (sulfide) groups is 1. The second-order valence-electron chi connectivity index (χ2n) is 4.61. The van der Waals surface area contributed by atoms with Gasteiger partial charge in [0.25, 0.3) is 0 Å². The minimum atomic E-state index is 0.183. The van der Waals surface area contributed by atoms with Crippen molar-refractivity contribution in [1.82, 2.24) is 9.97 Å². The van der Waals surface area contributed by atoms with Crippen LogP contribution in [-0.4, -0.2) is 21.3 Å². The van der Waals surface area contributed by atoms with E-state index in [2.05, 4.69) is 49.9 Å². The first-order valence-corrected chi connectivity index (χ1v) is 6.57. The molecule has 0 spiro atoms. The van der Waals surface area contributed by atoms with Crippen LogP contribution in [0.4, 0.5) is 5.82 Å². The van der Waals surface area contributed by atoms with Gasteiger partial charge in [0.15, 0.2) is 0 Å². The Labute approximate surface area is 102 Å². The summed E-state index contributed by atoms with van der Waals surface area (Å²) in [5.74, 6) is 1.84. The average molecular weight is 239 g/mol. The predicted molar refractivity (Wildman–Crippen MR) is 71.2 cm³/mol. The zero-order chi connectivity index (χ0) is 12.2. The van der Waals surface area contributed by atoms with Crippen molar-refractivity contribution in [2.45, 2.75) is 50.8 Å². The topological polar surface area (TPSA) is 37.8 Å². The van der Waals surface area contributed by atoms with Gasteiger partial charge in [0, 0.05) is 23.8 Å². The first-order chi connectivity index (χ1) is 7.44. The summed E-state index contributed by atoms with van der Waals surface area (Å²) in [5, 5.41) is 4.30. The quantitative estimate of drug-likeness (QED) is 0.646. The van der Waals surface area contributed by atoms with Crippen LogP contribution in [0.5, 0.6) is 0 Å². The average Bonchev–Trinajstić information content (AvgIpc) is 2.15. The van der Waals surface area contributed by atoms with Crippen LogP contribution in [-0.2, 0) is 6.42 Å². The maximum absolute atomic E-state index is 4.53. The van der Waals surface area contributed by atoms with Crippen molar-refractivity contribution in [2.24, 2.45) is 0 Å². The number of hydrogen-bond acceptors (Lipinski definition) is 4. The Morgan fingerprint density at radius 3 is 2.44 bits per heavy atom. The molecule has 16 heavy (non-hydrogen) atoms. The summed E-state index contributed by atoms with van der Waals surface area (Å²) >= 11 is 1.78. The molecule has 0 bridgehead atoms. The highest BCUT2D eigenvalue weighted by molar-refractivity contribution is 8.00. The molecule has 0 unspecified atom stereocenters. The molecule has 4 heteroatoms. The number of aromatic nitrogens is 2. The second-order valence-corrected chi connectivity index (χ2v) is 6.45. The van der Waals surface area contributed by atoms with Gasteiger partial charge < -0.3 is 5.32 Å². The fourth-order valence-electron chi connectivity index (χ4n) is 1.27. The van der Waals surface area contributed by atoms with Crippen LogP contribution in [0.25, 0.3) is 0 Å². The first kappa shape index (κ1) is 13.3. The lowest BCUT2D eigenvalue weighted by Gasteiger charge is -2.17. The molecule has 3 nitrogen and oxygen atoms in total. The van der Waals surface area contributed by atoms with Crippen molar-refractivity contribution >= 4 is 17.6 Å². The molecule has 0 aromatic carbocycles. The summed E-state index contributed by atoms with van der Waals surface area (Å²) in [6.07, 6.45) is 0.872. The third-order valence-electron chi connectivity index (χ3n) is 1.83. The number of aryl methyl sites for hydroxylation is 1. The molecule has 0 fully saturated rings. The lowest BCUT2D eigenvalue weighted by atomic mass is 10.3. The zero-order valence-corrected chi connectivity index (χ0v) is 11.6. The molecule has 0 saturated carbocycles. The summed E-state index contributed by atoms with van der Waals surface area (Å²) in [6.45, 7) is 11.6. The molecule has 1 aromatic rings. The summed E-state index contributed by atoms with van der Waals surface area (Å²) in [6, 6.07) is 2.03. The van der Waals surface area contributed by atoms with Gasteiger partial charge in [0.05, 0.1) is 0 Å². The van der Waals surface area contributed by atoms with Crippen molar-refractivity contribution < 1.29 is 0 Å². The van der Waals surface area contributed by atoms with Gasteiger partial charge in [-0.1, -0.05) is 27.7 Å². The van der Waals surface area contributed by atoms with Gasteiger partial charge in [-0.3, -0.25) is 0 Å². The van der Waals surface area contributed by atoms with Gasteiger partial charge in [0.1, 0.15) is 16.7 Å². The molecule has 0 amide bonds. The van der Waals surface area contributed by atoms with E-state index in [0.29, 0.717) is 0 Å². The molecular weight excluding hydrogens is 218 g/mol. The predicted octanol–water partition coefficient (Wildman–Crippen LogP) is 3.36. The number of rotatable bonds is 4. The molecule has 1 aromatic heterocycles. The van der Waals surface area contributed by atoms with Crippen LogP contribution >= 0.6 is 11.8 Å². The molecule has 0 aliphatic carbocycles. The fraction of sp³-hybridized carbons (Fsp3) is 0.667. The van der Waals surface area contributed by atoms with Gasteiger partial charge >= 0.3 is 0 Å². The third-order valence-corrected chi connectivity index (χ3v) is 2.86. The van der Waals surface area contributed by atoms with Crippen LogP contribution < -0.4 is 5.32 Å². The Morgan fingerprint density at radius 2 is 1.94 bits per heavy atom. The monoisotopic (exact) mass is 239 g/mol. The Morgan fingerprint density at radius 1 is 1.25 bits per heavy atom. The highest BCUT2D eigenvalue weighted by Gasteiger charge is 2.14. The van der Waals surface area contributed by atoms with E-state index in [1.54, 1.807) is 11.8 Å². The van der Waals surface area contributed by atoms with Gasteiger partial charge in [-0.15, -0.1) is 11.8 Å². The van der Waals surface area contributed by atoms with E-state index in [0.717, 1.165) is 29.6 Å². The van der Waals surface area contributed by atoms with E-state index in [1.807, 2.05) is 6.07 Å². The van der Waals surface area contributed by atoms with Crippen molar-refractivity contribution in [3.63, 3.8) is 0 Å². The second kappa shape index (κ2) is 5.53. The van der Waals surface area contributed by atoms with E-state index >= 15 is 0 Å². The summed E-state index contributed by atoms with van der Waals surface area (Å²) in [5.41, 5.74) is 0. The molecule has 1 heterocycles. The molecule has 90 valence electrons. The Balaban J connectivity index is 2.95. The van der Waals surface area contributed by atoms with Crippen LogP contribution in [0.15, 0.2) is 11.1 Å². The third kappa shape index (κ3) is 4.39. The maximum Gasteiger partial charge on any atom is 0.131 e. The molecule has 1 N–H and O–H groups in total. The number of nitrogens with zero attached hydrogens (tertiary/aromatic N) is 2. The Hall–Kier alpha value is -0.770. The molecule has 0 saturated heterocycles.